The average molecular weight is 429 g/mol. The largest absolute Gasteiger partial charge is 0.337 e. The number of hydrogen-bond acceptors (Lipinski definition) is 4. The fraction of sp³-hybridized carbons (Fsp3) is 0.120. The summed E-state index contributed by atoms with van der Waals surface area (Å²) in [7, 11) is 0. The monoisotopic (exact) mass is 429 g/mol. The Morgan fingerprint density at radius 1 is 1.06 bits per heavy atom. The highest BCUT2D eigenvalue weighted by Gasteiger charge is 2.19. The maximum Gasteiger partial charge on any atom is 0.244 e. The van der Waals surface area contributed by atoms with Crippen molar-refractivity contribution in [2.45, 2.75) is 20.4 Å². The van der Waals surface area contributed by atoms with Crippen LogP contribution in [0.1, 0.15) is 27.0 Å². The number of rotatable bonds is 5. The quantitative estimate of drug-likeness (QED) is 0.486. The maximum atomic E-state index is 13.9. The Morgan fingerprint density at radius 2 is 1.81 bits per heavy atom. The summed E-state index contributed by atoms with van der Waals surface area (Å²) in [6.07, 6.45) is 4.25. The second-order valence-corrected chi connectivity index (χ2v) is 7.52. The molecule has 2 heterocycles. The van der Waals surface area contributed by atoms with E-state index in [2.05, 4.69) is 10.3 Å². The van der Waals surface area contributed by atoms with Gasteiger partial charge in [0.25, 0.3) is 0 Å². The van der Waals surface area contributed by atoms with Gasteiger partial charge >= 0.3 is 0 Å². The molecule has 0 saturated heterocycles. The van der Waals surface area contributed by atoms with Crippen molar-refractivity contribution in [3.8, 4) is 0 Å². The van der Waals surface area contributed by atoms with Gasteiger partial charge in [-0.2, -0.15) is 0 Å². The van der Waals surface area contributed by atoms with Crippen LogP contribution >= 0.6 is 0 Å². The van der Waals surface area contributed by atoms with Crippen molar-refractivity contribution in [1.82, 2.24) is 9.55 Å². The number of fused-ring (bicyclic) bond motifs is 1. The lowest BCUT2D eigenvalue weighted by Crippen LogP contribution is -2.24. The van der Waals surface area contributed by atoms with E-state index in [1.807, 2.05) is 26.0 Å². The predicted molar refractivity (Wildman–Crippen MR) is 120 cm³/mol. The van der Waals surface area contributed by atoms with Gasteiger partial charge in [0.2, 0.25) is 11.3 Å². The molecule has 0 spiro atoms. The number of amides is 1. The van der Waals surface area contributed by atoms with Crippen LogP contribution in [0.4, 0.5) is 10.1 Å². The molecule has 160 valence electrons. The van der Waals surface area contributed by atoms with Crippen LogP contribution in [-0.2, 0) is 11.3 Å². The second-order valence-electron chi connectivity index (χ2n) is 7.52. The Hall–Kier alpha value is -4.13. The molecule has 0 aliphatic heterocycles. The lowest BCUT2D eigenvalue weighted by Gasteiger charge is -2.15. The first-order valence-corrected chi connectivity index (χ1v) is 9.98. The zero-order valence-corrected chi connectivity index (χ0v) is 17.6. The minimum absolute atomic E-state index is 0.0319. The molecule has 2 aromatic carbocycles. The fourth-order valence-electron chi connectivity index (χ4n) is 3.55. The summed E-state index contributed by atoms with van der Waals surface area (Å²) in [6.45, 7) is 3.70. The molecule has 4 rings (SSSR count). The van der Waals surface area contributed by atoms with Gasteiger partial charge in [-0.1, -0.05) is 12.1 Å². The number of nitrogens with zero attached hydrogens (tertiary/aromatic N) is 2. The summed E-state index contributed by atoms with van der Waals surface area (Å²) in [5.41, 5.74) is 2.57. The van der Waals surface area contributed by atoms with Crippen LogP contribution < -0.4 is 10.7 Å². The number of aromatic nitrogens is 2. The third-order valence-corrected chi connectivity index (χ3v) is 5.42. The van der Waals surface area contributed by atoms with Gasteiger partial charge in [0, 0.05) is 35.2 Å². The Bertz CT molecular complexity index is 1410. The first-order chi connectivity index (χ1) is 15.3. The van der Waals surface area contributed by atoms with Gasteiger partial charge in [0.05, 0.1) is 11.1 Å². The molecule has 0 aliphatic carbocycles. The number of carbonyl (C=O) groups excluding carboxylic acids is 2. The second kappa shape index (κ2) is 8.55. The Balaban J connectivity index is 1.77. The summed E-state index contributed by atoms with van der Waals surface area (Å²) in [4.78, 5) is 42.7. The normalized spacial score (nSPS) is 10.8. The van der Waals surface area contributed by atoms with Crippen molar-refractivity contribution in [2.24, 2.45) is 0 Å². The number of benzene rings is 2. The minimum Gasteiger partial charge on any atom is -0.337 e. The molecule has 6 nitrogen and oxygen atoms in total. The molecule has 1 N–H and O–H groups in total. The van der Waals surface area contributed by atoms with Crippen LogP contribution in [0, 0.1) is 19.7 Å². The van der Waals surface area contributed by atoms with Crippen molar-refractivity contribution in [2.75, 3.05) is 5.32 Å². The van der Waals surface area contributed by atoms with Crippen LogP contribution in [0.2, 0.25) is 0 Å². The highest BCUT2D eigenvalue weighted by molar-refractivity contribution is 6.10. The van der Waals surface area contributed by atoms with E-state index in [4.69, 9.17) is 0 Å². The molecule has 0 bridgehead atoms. The molecular formula is C25H20FN3O3. The van der Waals surface area contributed by atoms with E-state index in [1.165, 1.54) is 47.4 Å². The Labute approximate surface area is 183 Å². The number of hydrogen-bond donors (Lipinski definition) is 1. The third-order valence-electron chi connectivity index (χ3n) is 5.42. The van der Waals surface area contributed by atoms with Crippen molar-refractivity contribution in [1.29, 1.82) is 0 Å². The van der Waals surface area contributed by atoms with Gasteiger partial charge in [-0.3, -0.25) is 19.4 Å². The molecule has 4 aromatic rings. The summed E-state index contributed by atoms with van der Waals surface area (Å²) in [6, 6.07) is 12.3. The molecule has 7 heteroatoms. The van der Waals surface area contributed by atoms with Crippen molar-refractivity contribution < 1.29 is 14.0 Å². The van der Waals surface area contributed by atoms with E-state index >= 15 is 0 Å². The molecule has 0 atom stereocenters. The summed E-state index contributed by atoms with van der Waals surface area (Å²) in [5.74, 6) is -1.46. The van der Waals surface area contributed by atoms with Crippen LogP contribution in [0.15, 0.2) is 71.9 Å². The van der Waals surface area contributed by atoms with Crippen molar-refractivity contribution >= 4 is 28.3 Å². The van der Waals surface area contributed by atoms with E-state index in [0.717, 1.165) is 17.2 Å². The standard InChI is InChI=1S/C25H20FN3O3/c1-15-4-3-5-21(16(15)2)28-23(30)14-29-13-20(24(31)17-8-10-27-11-9-17)25(32)19-12-18(26)6-7-22(19)29/h3-13H,14H2,1-2H3,(H,28,30). The smallest absolute Gasteiger partial charge is 0.244 e. The van der Waals surface area contributed by atoms with Crippen LogP contribution in [0.25, 0.3) is 10.9 Å². The fourth-order valence-corrected chi connectivity index (χ4v) is 3.55. The highest BCUT2D eigenvalue weighted by Crippen LogP contribution is 2.19. The number of pyridine rings is 2. The highest BCUT2D eigenvalue weighted by atomic mass is 19.1. The van der Waals surface area contributed by atoms with E-state index in [0.29, 0.717) is 11.2 Å². The van der Waals surface area contributed by atoms with E-state index in [-0.39, 0.29) is 29.0 Å². The SMILES string of the molecule is Cc1cccc(NC(=O)Cn2cc(C(=O)c3ccncc3)c(=O)c3cc(F)ccc32)c1C. The first kappa shape index (κ1) is 21.1. The number of nitrogens with one attached hydrogen (secondary N) is 1. The Morgan fingerprint density at radius 3 is 2.56 bits per heavy atom. The topological polar surface area (TPSA) is 81.1 Å². The van der Waals surface area contributed by atoms with Gasteiger partial charge in [0.15, 0.2) is 5.78 Å². The van der Waals surface area contributed by atoms with Crippen LogP contribution in [0.5, 0.6) is 0 Å². The third kappa shape index (κ3) is 4.05. The van der Waals surface area contributed by atoms with E-state index in [9.17, 15) is 18.8 Å². The van der Waals surface area contributed by atoms with Crippen LogP contribution in [-0.4, -0.2) is 21.2 Å². The first-order valence-electron chi connectivity index (χ1n) is 9.98. The van der Waals surface area contributed by atoms with Gasteiger partial charge in [-0.25, -0.2) is 4.39 Å². The molecule has 2 aromatic heterocycles. The molecule has 32 heavy (non-hydrogen) atoms. The number of anilines is 1. The molecule has 1 amide bonds. The molecule has 0 saturated carbocycles. The summed E-state index contributed by atoms with van der Waals surface area (Å²) in [5, 5.41) is 2.90. The number of halogens is 1. The van der Waals surface area contributed by atoms with E-state index in [1.54, 1.807) is 6.07 Å². The number of aryl methyl sites for hydroxylation is 1. The summed E-state index contributed by atoms with van der Waals surface area (Å²) >= 11 is 0. The molecule has 0 radical (unpaired) electrons. The van der Waals surface area contributed by atoms with Crippen LogP contribution in [0.3, 0.4) is 0 Å². The number of carbonyl (C=O) groups is 2. The lowest BCUT2D eigenvalue weighted by molar-refractivity contribution is -0.116. The predicted octanol–water partition coefficient (Wildman–Crippen LogP) is 4.02. The van der Waals surface area contributed by atoms with Gasteiger partial charge in [-0.05, 0) is 61.4 Å². The van der Waals surface area contributed by atoms with Gasteiger partial charge in [-0.15, -0.1) is 0 Å². The van der Waals surface area contributed by atoms with Gasteiger partial charge < -0.3 is 9.88 Å². The van der Waals surface area contributed by atoms with E-state index < -0.39 is 17.0 Å². The van der Waals surface area contributed by atoms with Crippen molar-refractivity contribution in [3.05, 3.63) is 105 Å². The minimum atomic E-state index is -0.602. The zero-order chi connectivity index (χ0) is 22.8. The molecule has 0 aliphatic rings. The Kier molecular flexibility index (Phi) is 5.64. The molecule has 0 unspecified atom stereocenters. The molecular weight excluding hydrogens is 409 g/mol. The number of ketones is 1. The maximum absolute atomic E-state index is 13.9. The average Bonchev–Trinajstić information content (AvgIpc) is 2.79. The lowest BCUT2D eigenvalue weighted by atomic mass is 10.0. The summed E-state index contributed by atoms with van der Waals surface area (Å²) < 4.78 is 15.4. The zero-order valence-electron chi connectivity index (χ0n) is 17.6. The van der Waals surface area contributed by atoms with Crippen molar-refractivity contribution in [3.63, 3.8) is 0 Å². The van der Waals surface area contributed by atoms with Gasteiger partial charge in [0.1, 0.15) is 12.4 Å². The molecule has 0 fully saturated rings.